The number of hydrogen-bond acceptors (Lipinski definition) is 2. The summed E-state index contributed by atoms with van der Waals surface area (Å²) in [4.78, 5) is 0. The highest BCUT2D eigenvalue weighted by atomic mass is 32.2. The summed E-state index contributed by atoms with van der Waals surface area (Å²) in [7, 11) is 0. The molecule has 1 saturated carbocycles. The fourth-order valence-corrected chi connectivity index (χ4v) is 3.72. The maximum atomic E-state index is 10.8. The van der Waals surface area contributed by atoms with E-state index in [1.165, 1.54) is 31.2 Å². The molecule has 2 rings (SSSR count). The van der Waals surface area contributed by atoms with Crippen molar-refractivity contribution in [1.82, 2.24) is 0 Å². The Morgan fingerprint density at radius 1 is 1.32 bits per heavy atom. The van der Waals surface area contributed by atoms with E-state index in [1.807, 2.05) is 18.2 Å². The zero-order chi connectivity index (χ0) is 13.7. The Bertz CT molecular complexity index is 413. The van der Waals surface area contributed by atoms with Crippen LogP contribution in [-0.2, 0) is 15.5 Å². The van der Waals surface area contributed by atoms with Crippen molar-refractivity contribution in [3.05, 3.63) is 35.9 Å². The third-order valence-electron chi connectivity index (χ3n) is 4.58. The maximum Gasteiger partial charge on any atom is 0.301 e. The Hall–Kier alpha value is -0.710. The lowest BCUT2D eigenvalue weighted by atomic mass is 9.69. The van der Waals surface area contributed by atoms with Gasteiger partial charge < -0.3 is 0 Å². The quantitative estimate of drug-likeness (QED) is 0.805. The van der Waals surface area contributed by atoms with Crippen LogP contribution >= 0.6 is 0 Å². The van der Waals surface area contributed by atoms with Crippen LogP contribution in [0.1, 0.15) is 50.5 Å². The first-order chi connectivity index (χ1) is 9.18. The average molecular weight is 282 g/mol. The number of benzene rings is 1. The first kappa shape index (κ1) is 14.7. The highest BCUT2D eigenvalue weighted by Gasteiger charge is 2.40. The van der Waals surface area contributed by atoms with Gasteiger partial charge in [0.05, 0.1) is 6.61 Å². The topological polar surface area (TPSA) is 46.5 Å². The van der Waals surface area contributed by atoms with Gasteiger partial charge in [-0.05, 0) is 30.2 Å². The van der Waals surface area contributed by atoms with Crippen LogP contribution in [0.2, 0.25) is 0 Å². The van der Waals surface area contributed by atoms with Gasteiger partial charge in [0.25, 0.3) is 0 Å². The molecule has 0 saturated heterocycles. The van der Waals surface area contributed by atoms with Crippen LogP contribution in [0, 0.1) is 5.41 Å². The first-order valence-electron chi connectivity index (χ1n) is 6.97. The van der Waals surface area contributed by atoms with Crippen LogP contribution in [0.5, 0.6) is 0 Å². The minimum Gasteiger partial charge on any atom is -0.284 e. The predicted octanol–water partition coefficient (Wildman–Crippen LogP) is 3.89. The fourth-order valence-electron chi connectivity index (χ4n) is 3.47. The van der Waals surface area contributed by atoms with Crippen molar-refractivity contribution in [2.75, 3.05) is 6.61 Å². The Morgan fingerprint density at radius 3 is 2.47 bits per heavy atom. The van der Waals surface area contributed by atoms with Crippen LogP contribution in [0.3, 0.4) is 0 Å². The molecule has 4 heteroatoms. The summed E-state index contributed by atoms with van der Waals surface area (Å²) in [6.07, 6.45) is 5.96. The Morgan fingerprint density at radius 2 is 1.95 bits per heavy atom. The molecular formula is C15H22O3S. The Labute approximate surface area is 117 Å². The summed E-state index contributed by atoms with van der Waals surface area (Å²) in [5.74, 6) is 0.206. The first-order valence-corrected chi connectivity index (χ1v) is 8.00. The number of rotatable bonds is 6. The molecule has 2 unspecified atom stereocenters. The molecule has 0 radical (unpaired) electrons. The highest BCUT2D eigenvalue weighted by molar-refractivity contribution is 7.74. The molecule has 1 fully saturated rings. The zero-order valence-corrected chi connectivity index (χ0v) is 12.2. The van der Waals surface area contributed by atoms with Crippen molar-refractivity contribution in [3.8, 4) is 0 Å². The minimum absolute atomic E-state index is 0.206. The SMILES string of the molecule is CCC1(C(COS(=O)O)c2ccccc2)CCCC1. The van der Waals surface area contributed by atoms with Gasteiger partial charge in [0.15, 0.2) is 0 Å². The lowest BCUT2D eigenvalue weighted by Gasteiger charge is -2.36. The van der Waals surface area contributed by atoms with Crippen LogP contribution < -0.4 is 0 Å². The average Bonchev–Trinajstić information content (AvgIpc) is 2.90. The Kier molecular flexibility index (Phi) is 5.13. The van der Waals surface area contributed by atoms with Gasteiger partial charge in [-0.15, -0.1) is 0 Å². The monoisotopic (exact) mass is 282 g/mol. The van der Waals surface area contributed by atoms with Crippen molar-refractivity contribution in [2.24, 2.45) is 5.41 Å². The van der Waals surface area contributed by atoms with Gasteiger partial charge in [-0.25, -0.2) is 0 Å². The summed E-state index contributed by atoms with van der Waals surface area (Å²) in [6.45, 7) is 2.54. The van der Waals surface area contributed by atoms with Crippen molar-refractivity contribution >= 4 is 11.4 Å². The molecule has 1 aliphatic rings. The molecule has 0 bridgehead atoms. The van der Waals surface area contributed by atoms with Crippen LogP contribution in [-0.4, -0.2) is 15.4 Å². The molecule has 0 heterocycles. The maximum absolute atomic E-state index is 10.8. The minimum atomic E-state index is -2.18. The third kappa shape index (κ3) is 3.44. The molecule has 0 aromatic heterocycles. The highest BCUT2D eigenvalue weighted by Crippen LogP contribution is 2.51. The predicted molar refractivity (Wildman–Crippen MR) is 77.1 cm³/mol. The largest absolute Gasteiger partial charge is 0.301 e. The smallest absolute Gasteiger partial charge is 0.284 e. The molecular weight excluding hydrogens is 260 g/mol. The van der Waals surface area contributed by atoms with E-state index in [0.717, 1.165) is 6.42 Å². The lowest BCUT2D eigenvalue weighted by Crippen LogP contribution is -2.29. The van der Waals surface area contributed by atoms with E-state index in [9.17, 15) is 4.21 Å². The molecule has 2 atom stereocenters. The van der Waals surface area contributed by atoms with Gasteiger partial charge in [0.1, 0.15) is 0 Å². The normalized spacial score (nSPS) is 21.2. The molecule has 19 heavy (non-hydrogen) atoms. The van der Waals surface area contributed by atoms with E-state index in [-0.39, 0.29) is 11.3 Å². The summed E-state index contributed by atoms with van der Waals surface area (Å²) in [6, 6.07) is 10.3. The zero-order valence-electron chi connectivity index (χ0n) is 11.4. The van der Waals surface area contributed by atoms with Crippen molar-refractivity contribution < 1.29 is 12.9 Å². The Balaban J connectivity index is 2.25. The standard InChI is InChI=1S/C15H22O3S/c1-2-15(10-6-7-11-15)14(12-18-19(16)17)13-8-4-3-5-9-13/h3-5,8-9,14H,2,6-7,10-12H2,1H3,(H,16,17). The second-order valence-electron chi connectivity index (χ2n) is 5.39. The summed E-state index contributed by atoms with van der Waals surface area (Å²) < 4.78 is 24.8. The van der Waals surface area contributed by atoms with Crippen LogP contribution in [0.25, 0.3) is 0 Å². The molecule has 3 nitrogen and oxygen atoms in total. The molecule has 0 amide bonds. The lowest BCUT2D eigenvalue weighted by molar-refractivity contribution is 0.154. The van der Waals surface area contributed by atoms with Crippen molar-refractivity contribution in [2.45, 2.75) is 44.9 Å². The van der Waals surface area contributed by atoms with Gasteiger partial charge in [0, 0.05) is 5.92 Å². The molecule has 1 aromatic rings. The summed E-state index contributed by atoms with van der Waals surface area (Å²) in [5.41, 5.74) is 1.44. The molecule has 0 spiro atoms. The molecule has 1 aromatic carbocycles. The van der Waals surface area contributed by atoms with E-state index < -0.39 is 11.4 Å². The van der Waals surface area contributed by atoms with Crippen molar-refractivity contribution in [3.63, 3.8) is 0 Å². The van der Waals surface area contributed by atoms with Gasteiger partial charge >= 0.3 is 11.4 Å². The number of hydrogen-bond donors (Lipinski definition) is 1. The van der Waals surface area contributed by atoms with E-state index >= 15 is 0 Å². The van der Waals surface area contributed by atoms with Crippen LogP contribution in [0.4, 0.5) is 0 Å². The van der Waals surface area contributed by atoms with Gasteiger partial charge in [-0.2, -0.15) is 4.21 Å². The van der Waals surface area contributed by atoms with Gasteiger partial charge in [-0.1, -0.05) is 50.1 Å². The van der Waals surface area contributed by atoms with Gasteiger partial charge in [-0.3, -0.25) is 8.74 Å². The fraction of sp³-hybridized carbons (Fsp3) is 0.600. The van der Waals surface area contributed by atoms with E-state index in [4.69, 9.17) is 8.74 Å². The van der Waals surface area contributed by atoms with Crippen molar-refractivity contribution in [1.29, 1.82) is 0 Å². The van der Waals surface area contributed by atoms with E-state index in [2.05, 4.69) is 19.1 Å². The van der Waals surface area contributed by atoms with E-state index in [0.29, 0.717) is 6.61 Å². The summed E-state index contributed by atoms with van der Waals surface area (Å²) >= 11 is -2.18. The molecule has 1 N–H and O–H groups in total. The molecule has 0 aliphatic heterocycles. The third-order valence-corrected chi connectivity index (χ3v) is 4.92. The van der Waals surface area contributed by atoms with Gasteiger partial charge in [0.2, 0.25) is 0 Å². The summed E-state index contributed by atoms with van der Waals surface area (Å²) in [5, 5.41) is 0. The second-order valence-corrected chi connectivity index (χ2v) is 6.06. The molecule has 1 aliphatic carbocycles. The second kappa shape index (κ2) is 6.64. The molecule has 106 valence electrons. The van der Waals surface area contributed by atoms with Crippen LogP contribution in [0.15, 0.2) is 30.3 Å². The van der Waals surface area contributed by atoms with E-state index in [1.54, 1.807) is 0 Å².